The third-order valence-electron chi connectivity index (χ3n) is 2.33. The van der Waals surface area contributed by atoms with E-state index in [0.29, 0.717) is 10.6 Å². The number of rotatable bonds is 3. The molecule has 0 saturated carbocycles. The van der Waals surface area contributed by atoms with Crippen LogP contribution in [0.15, 0.2) is 32.7 Å². The number of anilines is 2. The van der Waals surface area contributed by atoms with E-state index in [1.54, 1.807) is 18.3 Å². The Morgan fingerprint density at radius 2 is 2.16 bits per heavy atom. The number of aromatic nitrogens is 1. The van der Waals surface area contributed by atoms with Crippen LogP contribution < -0.4 is 10.2 Å². The van der Waals surface area contributed by atoms with Crippen LogP contribution in [0, 0.1) is 0 Å². The second-order valence-corrected chi connectivity index (χ2v) is 7.18. The zero-order valence-electron chi connectivity index (χ0n) is 10.3. The highest BCUT2D eigenvalue weighted by Gasteiger charge is 2.14. The maximum absolute atomic E-state index is 12.2. The van der Waals surface area contributed by atoms with Crippen LogP contribution in [-0.2, 0) is 0 Å². The van der Waals surface area contributed by atoms with Crippen molar-refractivity contribution in [2.45, 2.75) is 0 Å². The molecule has 100 valence electrons. The van der Waals surface area contributed by atoms with Gasteiger partial charge in [0.2, 0.25) is 0 Å². The Kier molecular flexibility index (Phi) is 4.59. The van der Waals surface area contributed by atoms with Gasteiger partial charge in [-0.05, 0) is 50.1 Å². The van der Waals surface area contributed by atoms with Gasteiger partial charge in [-0.25, -0.2) is 4.98 Å². The minimum absolute atomic E-state index is 0.146. The fourth-order valence-corrected chi connectivity index (χ4v) is 3.42. The molecule has 0 spiro atoms. The van der Waals surface area contributed by atoms with Gasteiger partial charge in [0.15, 0.2) is 5.82 Å². The summed E-state index contributed by atoms with van der Waals surface area (Å²) < 4.78 is 1.78. The number of amides is 1. The molecule has 0 saturated heterocycles. The Morgan fingerprint density at radius 1 is 1.42 bits per heavy atom. The molecule has 2 aromatic heterocycles. The molecular weight excluding hydrogens is 394 g/mol. The molecule has 0 atom stereocenters. The molecule has 4 nitrogen and oxygen atoms in total. The largest absolute Gasteiger partial charge is 0.361 e. The highest BCUT2D eigenvalue weighted by Crippen LogP contribution is 2.33. The van der Waals surface area contributed by atoms with Crippen molar-refractivity contribution >= 4 is 60.6 Å². The van der Waals surface area contributed by atoms with E-state index >= 15 is 0 Å². The molecule has 0 aliphatic rings. The summed E-state index contributed by atoms with van der Waals surface area (Å²) in [7, 11) is 3.77. The molecule has 0 bridgehead atoms. The van der Waals surface area contributed by atoms with Crippen molar-refractivity contribution in [3.05, 3.63) is 37.5 Å². The zero-order chi connectivity index (χ0) is 14.0. The van der Waals surface area contributed by atoms with Crippen LogP contribution in [0.1, 0.15) is 9.67 Å². The van der Waals surface area contributed by atoms with E-state index in [9.17, 15) is 4.79 Å². The third kappa shape index (κ3) is 3.34. The van der Waals surface area contributed by atoms with Gasteiger partial charge < -0.3 is 10.2 Å². The fourth-order valence-electron chi connectivity index (χ4n) is 1.49. The van der Waals surface area contributed by atoms with E-state index in [4.69, 9.17) is 0 Å². The first-order valence-corrected chi connectivity index (χ1v) is 7.78. The van der Waals surface area contributed by atoms with Crippen molar-refractivity contribution in [3.8, 4) is 0 Å². The Balaban J connectivity index is 2.24. The molecule has 2 heterocycles. The topological polar surface area (TPSA) is 45.2 Å². The minimum atomic E-state index is -0.146. The van der Waals surface area contributed by atoms with Gasteiger partial charge in [-0.2, -0.15) is 0 Å². The molecule has 1 amide bonds. The molecule has 0 aromatic carbocycles. The van der Waals surface area contributed by atoms with Gasteiger partial charge in [0.05, 0.1) is 14.4 Å². The van der Waals surface area contributed by atoms with Gasteiger partial charge in [-0.1, -0.05) is 0 Å². The smallest absolute Gasteiger partial charge is 0.265 e. The van der Waals surface area contributed by atoms with E-state index in [-0.39, 0.29) is 5.91 Å². The number of nitrogens with one attached hydrogen (secondary N) is 1. The Bertz CT molecular complexity index is 593. The summed E-state index contributed by atoms with van der Waals surface area (Å²) in [6.45, 7) is 0. The summed E-state index contributed by atoms with van der Waals surface area (Å²) >= 11 is 8.13. The van der Waals surface area contributed by atoms with Gasteiger partial charge in [-0.3, -0.25) is 4.79 Å². The van der Waals surface area contributed by atoms with Crippen LogP contribution in [0.4, 0.5) is 11.5 Å². The Hall–Kier alpha value is -0.920. The second kappa shape index (κ2) is 6.02. The number of hydrogen-bond acceptors (Lipinski definition) is 4. The lowest BCUT2D eigenvalue weighted by molar-refractivity contribution is 0.103. The van der Waals surface area contributed by atoms with Gasteiger partial charge >= 0.3 is 0 Å². The maximum atomic E-state index is 12.2. The van der Waals surface area contributed by atoms with Crippen molar-refractivity contribution in [2.24, 2.45) is 0 Å². The zero-order valence-corrected chi connectivity index (χ0v) is 14.3. The summed E-state index contributed by atoms with van der Waals surface area (Å²) in [4.78, 5) is 18.9. The minimum Gasteiger partial charge on any atom is -0.361 e. The van der Waals surface area contributed by atoms with E-state index < -0.39 is 0 Å². The summed E-state index contributed by atoms with van der Waals surface area (Å²) in [5, 5.41) is 2.87. The van der Waals surface area contributed by atoms with Crippen molar-refractivity contribution in [3.63, 3.8) is 0 Å². The van der Waals surface area contributed by atoms with Crippen LogP contribution in [0.25, 0.3) is 0 Å². The monoisotopic (exact) mass is 403 g/mol. The van der Waals surface area contributed by atoms with Gasteiger partial charge in [-0.15, -0.1) is 11.3 Å². The average Bonchev–Trinajstić information content (AvgIpc) is 2.70. The lowest BCUT2D eigenvalue weighted by Gasteiger charge is -2.15. The van der Waals surface area contributed by atoms with Crippen molar-refractivity contribution in [2.75, 3.05) is 24.3 Å². The normalized spacial score (nSPS) is 10.3. The molecular formula is C12H11Br2N3OS. The standard InChI is InChI=1S/C12H11Br2N3OS/c1-17(2)11-8(4-3-5-15-11)16-12(18)9-6-7(13)10(14)19-9/h3-6H,1-2H3,(H,16,18). The molecule has 0 aliphatic heterocycles. The highest BCUT2D eigenvalue weighted by atomic mass is 79.9. The third-order valence-corrected chi connectivity index (χ3v) is 5.58. The molecule has 0 fully saturated rings. The predicted octanol–water partition coefficient (Wildman–Crippen LogP) is 3.99. The number of nitrogens with zero attached hydrogens (tertiary/aromatic N) is 2. The molecule has 2 aromatic rings. The maximum Gasteiger partial charge on any atom is 0.265 e. The number of halogens is 2. The first-order chi connectivity index (χ1) is 8.99. The number of carbonyl (C=O) groups excluding carboxylic acids is 1. The molecule has 0 radical (unpaired) electrons. The summed E-state index contributed by atoms with van der Waals surface area (Å²) in [5.74, 6) is 0.582. The summed E-state index contributed by atoms with van der Waals surface area (Å²) in [6.07, 6.45) is 1.70. The lowest BCUT2D eigenvalue weighted by Crippen LogP contribution is -2.17. The summed E-state index contributed by atoms with van der Waals surface area (Å²) in [5.41, 5.74) is 0.693. The number of hydrogen-bond donors (Lipinski definition) is 1. The van der Waals surface area contributed by atoms with Crippen molar-refractivity contribution < 1.29 is 4.79 Å². The van der Waals surface area contributed by atoms with Gasteiger partial charge in [0.1, 0.15) is 0 Å². The fraction of sp³-hybridized carbons (Fsp3) is 0.167. The van der Waals surface area contributed by atoms with E-state index in [1.807, 2.05) is 25.1 Å². The quantitative estimate of drug-likeness (QED) is 0.841. The summed E-state index contributed by atoms with van der Waals surface area (Å²) in [6, 6.07) is 5.41. The average molecular weight is 405 g/mol. The molecule has 0 aliphatic carbocycles. The Morgan fingerprint density at radius 3 is 2.74 bits per heavy atom. The van der Waals surface area contributed by atoms with Gasteiger partial charge in [0, 0.05) is 24.8 Å². The van der Waals surface area contributed by atoms with Crippen LogP contribution in [0.3, 0.4) is 0 Å². The first-order valence-electron chi connectivity index (χ1n) is 5.37. The molecule has 1 N–H and O–H groups in total. The van der Waals surface area contributed by atoms with E-state index in [2.05, 4.69) is 42.2 Å². The number of carbonyl (C=O) groups is 1. The van der Waals surface area contributed by atoms with Crippen molar-refractivity contribution in [1.82, 2.24) is 4.98 Å². The predicted molar refractivity (Wildman–Crippen MR) is 86.2 cm³/mol. The van der Waals surface area contributed by atoms with E-state index in [1.165, 1.54) is 11.3 Å². The molecule has 2 rings (SSSR count). The molecule has 19 heavy (non-hydrogen) atoms. The number of thiophene rings is 1. The Labute approximate surface area is 132 Å². The highest BCUT2D eigenvalue weighted by molar-refractivity contribution is 9.13. The lowest BCUT2D eigenvalue weighted by atomic mass is 10.3. The SMILES string of the molecule is CN(C)c1ncccc1NC(=O)c1cc(Br)c(Br)s1. The number of pyridine rings is 1. The molecule has 7 heteroatoms. The van der Waals surface area contributed by atoms with Crippen LogP contribution in [0.2, 0.25) is 0 Å². The van der Waals surface area contributed by atoms with Crippen LogP contribution >= 0.6 is 43.2 Å². The molecule has 0 unspecified atom stereocenters. The van der Waals surface area contributed by atoms with Crippen LogP contribution in [-0.4, -0.2) is 25.0 Å². The first kappa shape index (κ1) is 14.5. The van der Waals surface area contributed by atoms with Crippen LogP contribution in [0.5, 0.6) is 0 Å². The van der Waals surface area contributed by atoms with Gasteiger partial charge in [0.25, 0.3) is 5.91 Å². The second-order valence-electron chi connectivity index (χ2n) is 3.96. The van der Waals surface area contributed by atoms with Crippen molar-refractivity contribution in [1.29, 1.82) is 0 Å². The van der Waals surface area contributed by atoms with E-state index in [0.717, 1.165) is 14.1 Å².